The smallest absolute Gasteiger partial charge is 0.265 e. The van der Waals surface area contributed by atoms with E-state index in [2.05, 4.69) is 127 Å². The summed E-state index contributed by atoms with van der Waals surface area (Å²) in [4.78, 5) is 56.2. The lowest BCUT2D eigenvalue weighted by Crippen LogP contribution is -2.46. The Kier molecular flexibility index (Phi) is 9.69. The van der Waals surface area contributed by atoms with Crippen molar-refractivity contribution in [3.63, 3.8) is 0 Å². The van der Waals surface area contributed by atoms with Gasteiger partial charge in [0.1, 0.15) is 0 Å². The summed E-state index contributed by atoms with van der Waals surface area (Å²) in [5.41, 5.74) is -0.261. The second-order valence-corrected chi connectivity index (χ2v) is 17.5. The van der Waals surface area contributed by atoms with Gasteiger partial charge in [0.25, 0.3) is 23.6 Å². The number of carbonyl (C=O) groups is 4. The molecule has 6 nitrogen and oxygen atoms in total. The molecule has 18 heteroatoms. The molecule has 0 saturated carbocycles. The Labute approximate surface area is 324 Å². The van der Waals surface area contributed by atoms with Crippen LogP contribution < -0.4 is 0 Å². The lowest BCUT2D eigenvalue weighted by molar-refractivity contribution is 0.0574. The predicted molar refractivity (Wildman–Crippen MR) is 189 cm³/mol. The van der Waals surface area contributed by atoms with E-state index >= 15 is 0 Å². The summed E-state index contributed by atoms with van der Waals surface area (Å²) in [5, 5.41) is 0. The van der Waals surface area contributed by atoms with E-state index in [0.29, 0.717) is 27.7 Å². The molecule has 0 saturated heterocycles. The summed E-state index contributed by atoms with van der Waals surface area (Å²) in [5.74, 6) is -3.30. The number of hydrogen-bond donors (Lipinski definition) is 0. The minimum Gasteiger partial charge on any atom is -0.268 e. The molecule has 2 heterocycles. The number of hydrogen-bond acceptors (Lipinski definition) is 4. The molecule has 3 aromatic rings. The SMILES string of the molecule is O=C1c2c(Br)c(Br)c(Br)c(Br)c2C(=O)N1C(Cl)(Cl)c1ccccc1C(Cl)(Cl)N1C(=O)c2c(Br)c(Br)c(Br)c(Br)c2C1=O. The van der Waals surface area contributed by atoms with Crippen molar-refractivity contribution in [1.29, 1.82) is 0 Å². The number of amides is 4. The highest BCUT2D eigenvalue weighted by molar-refractivity contribution is 9.15. The van der Waals surface area contributed by atoms with Crippen LogP contribution >= 0.6 is 174 Å². The largest absolute Gasteiger partial charge is 0.268 e. The van der Waals surface area contributed by atoms with E-state index in [1.54, 1.807) is 0 Å². The zero-order chi connectivity index (χ0) is 31.4. The molecule has 218 valence electrons. The highest BCUT2D eigenvalue weighted by Gasteiger charge is 2.56. The van der Waals surface area contributed by atoms with Crippen molar-refractivity contribution < 1.29 is 19.2 Å². The molecule has 0 unspecified atom stereocenters. The summed E-state index contributed by atoms with van der Waals surface area (Å²) in [6, 6.07) is 5.79. The average Bonchev–Trinajstić information content (AvgIpc) is 3.37. The molecule has 0 bridgehead atoms. The van der Waals surface area contributed by atoms with E-state index in [1.807, 2.05) is 0 Å². The lowest BCUT2D eigenvalue weighted by Gasteiger charge is -2.36. The summed E-state index contributed by atoms with van der Waals surface area (Å²) < 4.78 is -1.82. The number of fused-ring (bicyclic) bond motifs is 2. The fourth-order valence-corrected chi connectivity index (χ4v) is 10.6. The lowest BCUT2D eigenvalue weighted by atomic mass is 10.0. The quantitative estimate of drug-likeness (QED) is 0.0858. The number of imide groups is 2. The van der Waals surface area contributed by atoms with Gasteiger partial charge in [0.2, 0.25) is 8.91 Å². The van der Waals surface area contributed by atoms with Crippen LogP contribution in [0.5, 0.6) is 0 Å². The van der Waals surface area contributed by atoms with Crippen LogP contribution in [0.15, 0.2) is 60.0 Å². The Morgan fingerprint density at radius 2 is 0.643 bits per heavy atom. The number of benzene rings is 3. The molecule has 0 aromatic heterocycles. The van der Waals surface area contributed by atoms with Crippen molar-refractivity contribution in [3.8, 4) is 0 Å². The van der Waals surface area contributed by atoms with Crippen LogP contribution in [0, 0.1) is 0 Å². The van der Waals surface area contributed by atoms with Gasteiger partial charge in [-0.2, -0.15) is 0 Å². The molecule has 5 rings (SSSR count). The molecule has 0 aliphatic carbocycles. The Hall–Kier alpha value is 0.940. The molecular weight excluding hydrogens is 1160 g/mol. The van der Waals surface area contributed by atoms with Gasteiger partial charge in [-0.25, -0.2) is 9.80 Å². The highest BCUT2D eigenvalue weighted by atomic mass is 79.9. The van der Waals surface area contributed by atoms with Crippen LogP contribution in [-0.2, 0) is 8.91 Å². The monoisotopic (exact) mass is 1160 g/mol. The van der Waals surface area contributed by atoms with Crippen molar-refractivity contribution >= 4 is 197 Å². The van der Waals surface area contributed by atoms with Gasteiger partial charge in [-0.15, -0.1) is 0 Å². The number of carbonyl (C=O) groups excluding carboxylic acids is 4. The maximum absolute atomic E-state index is 13.7. The average molecular weight is 1170 g/mol. The second kappa shape index (κ2) is 11.9. The van der Waals surface area contributed by atoms with Crippen LogP contribution in [0.4, 0.5) is 0 Å². The van der Waals surface area contributed by atoms with E-state index in [4.69, 9.17) is 46.4 Å². The molecule has 0 N–H and O–H groups in total. The number of rotatable bonds is 4. The summed E-state index contributed by atoms with van der Waals surface area (Å²) in [6.45, 7) is 0. The van der Waals surface area contributed by atoms with Gasteiger partial charge in [-0.3, -0.25) is 19.2 Å². The van der Waals surface area contributed by atoms with Crippen LogP contribution in [0.3, 0.4) is 0 Å². The van der Waals surface area contributed by atoms with Crippen molar-refractivity contribution in [3.05, 3.63) is 93.4 Å². The molecule has 0 fully saturated rings. The second-order valence-electron chi connectivity index (χ2n) is 8.53. The first-order valence-corrected chi connectivity index (χ1v) is 18.6. The maximum atomic E-state index is 13.7. The molecule has 42 heavy (non-hydrogen) atoms. The zero-order valence-electron chi connectivity index (χ0n) is 19.4. The van der Waals surface area contributed by atoms with Crippen LogP contribution in [0.2, 0.25) is 0 Å². The first kappa shape index (κ1) is 34.3. The maximum Gasteiger partial charge on any atom is 0.265 e. The third kappa shape index (κ3) is 4.86. The Morgan fingerprint density at radius 1 is 0.429 bits per heavy atom. The van der Waals surface area contributed by atoms with Gasteiger partial charge < -0.3 is 0 Å². The van der Waals surface area contributed by atoms with E-state index in [9.17, 15) is 19.2 Å². The fraction of sp³-hybridized carbons (Fsp3) is 0.0833. The minimum atomic E-state index is -2.41. The molecule has 0 radical (unpaired) electrons. The molecule has 0 atom stereocenters. The van der Waals surface area contributed by atoms with Gasteiger partial charge in [0.05, 0.1) is 22.3 Å². The summed E-state index contributed by atoms with van der Waals surface area (Å²) >= 11 is 54.4. The standard InChI is InChI=1S/C24H4Br8Cl4N2O4/c25-11-7-8(12(26)16(30)15(11)29)20(40)37(19(7)39)23(33,34)5-3-1-2-4-6(5)24(35,36)38-21(41)9-10(22(38)42)14(28)18(32)17(31)13(9)27/h1-4H. The Bertz CT molecular complexity index is 1610. The summed E-state index contributed by atoms with van der Waals surface area (Å²) in [7, 11) is 0. The molecular formula is C24H4Br8Cl4N2O4. The third-order valence-electron chi connectivity index (χ3n) is 6.34. The normalized spacial score (nSPS) is 15.2. The molecule has 0 spiro atoms. The van der Waals surface area contributed by atoms with E-state index in [-0.39, 0.29) is 51.3 Å². The third-order valence-corrected chi connectivity index (χ3v) is 17.4. The van der Waals surface area contributed by atoms with Gasteiger partial charge >= 0.3 is 0 Å². The van der Waals surface area contributed by atoms with Crippen molar-refractivity contribution in [1.82, 2.24) is 9.80 Å². The van der Waals surface area contributed by atoms with Gasteiger partial charge in [0, 0.05) is 46.9 Å². The van der Waals surface area contributed by atoms with Crippen molar-refractivity contribution in [2.24, 2.45) is 0 Å². The number of halogens is 12. The number of nitrogens with zero attached hydrogens (tertiary/aromatic N) is 2. The molecule has 2 aliphatic rings. The zero-order valence-corrected chi connectivity index (χ0v) is 35.1. The van der Waals surface area contributed by atoms with Crippen LogP contribution in [0.1, 0.15) is 52.6 Å². The summed E-state index contributed by atoms with van der Waals surface area (Å²) in [6.07, 6.45) is 0. The van der Waals surface area contributed by atoms with Crippen molar-refractivity contribution in [2.75, 3.05) is 0 Å². The molecule has 2 aliphatic heterocycles. The van der Waals surface area contributed by atoms with E-state index < -0.39 is 32.5 Å². The van der Waals surface area contributed by atoms with Gasteiger partial charge in [0.15, 0.2) is 0 Å². The molecule has 3 aromatic carbocycles. The van der Waals surface area contributed by atoms with Crippen LogP contribution in [-0.4, -0.2) is 33.4 Å². The predicted octanol–water partition coefficient (Wildman–Crippen LogP) is 11.6. The Morgan fingerprint density at radius 3 is 0.857 bits per heavy atom. The minimum absolute atomic E-state index is 0.000631. The highest BCUT2D eigenvalue weighted by Crippen LogP contribution is 2.54. The fourth-order valence-electron chi connectivity index (χ4n) is 4.46. The van der Waals surface area contributed by atoms with Gasteiger partial charge in [-0.05, 0) is 127 Å². The first-order chi connectivity index (χ1) is 19.4. The van der Waals surface area contributed by atoms with E-state index in [0.717, 1.165) is 0 Å². The van der Waals surface area contributed by atoms with Crippen LogP contribution in [0.25, 0.3) is 0 Å². The first-order valence-electron chi connectivity index (χ1n) is 10.8. The molecule has 4 amide bonds. The topological polar surface area (TPSA) is 74.8 Å². The van der Waals surface area contributed by atoms with E-state index in [1.165, 1.54) is 24.3 Å². The van der Waals surface area contributed by atoms with Crippen molar-refractivity contribution in [2.45, 2.75) is 8.91 Å². The Balaban J connectivity index is 1.66. The number of alkyl halides is 4. The van der Waals surface area contributed by atoms with Gasteiger partial charge in [-0.1, -0.05) is 70.7 Å².